The van der Waals surface area contributed by atoms with Gasteiger partial charge in [0.05, 0.1) is 4.90 Å². The molecule has 2 aliphatic heterocycles. The first-order valence-corrected chi connectivity index (χ1v) is 12.7. The highest BCUT2D eigenvalue weighted by Gasteiger charge is 2.38. The van der Waals surface area contributed by atoms with Crippen molar-refractivity contribution in [1.82, 2.24) is 4.31 Å². The highest BCUT2D eigenvalue weighted by molar-refractivity contribution is 7.89. The van der Waals surface area contributed by atoms with E-state index in [4.69, 9.17) is 0 Å². The molecule has 0 spiro atoms. The predicted molar refractivity (Wildman–Crippen MR) is 129 cm³/mol. The Hall–Kier alpha value is -3.24. The Morgan fingerprint density at radius 3 is 2.09 bits per heavy atom. The molecule has 1 fully saturated rings. The number of hydrogen-bond donors (Lipinski definition) is 2. The predicted octanol–water partition coefficient (Wildman–Crippen LogP) is 2.74. The van der Waals surface area contributed by atoms with Crippen LogP contribution in [0.1, 0.15) is 38.7 Å². The van der Waals surface area contributed by atoms with Crippen LogP contribution in [0.2, 0.25) is 0 Å². The molecule has 2 aromatic rings. The number of fused-ring (bicyclic) bond motifs is 1. The molecule has 0 bridgehead atoms. The average Bonchev–Trinajstić information content (AvgIpc) is 3.20. The van der Waals surface area contributed by atoms with Gasteiger partial charge in [-0.25, -0.2) is 8.42 Å². The summed E-state index contributed by atoms with van der Waals surface area (Å²) in [6.45, 7) is 3.80. The molecule has 1 atom stereocenters. The molecule has 9 nitrogen and oxygen atoms in total. The number of nitrogens with one attached hydrogen (secondary N) is 2. The molecule has 0 saturated carbocycles. The second-order valence-corrected chi connectivity index (χ2v) is 10.5. The maximum Gasteiger partial charge on any atom is 0.247 e. The minimum absolute atomic E-state index is 0.186. The fraction of sp³-hybridized carbons (Fsp3) is 0.375. The third kappa shape index (κ3) is 4.83. The maximum atomic E-state index is 13.1. The van der Waals surface area contributed by atoms with Gasteiger partial charge in [-0.1, -0.05) is 6.42 Å². The second-order valence-electron chi connectivity index (χ2n) is 8.61. The van der Waals surface area contributed by atoms with E-state index < -0.39 is 16.1 Å². The van der Waals surface area contributed by atoms with Crippen LogP contribution in [-0.2, 0) is 30.8 Å². The molecule has 34 heavy (non-hydrogen) atoms. The van der Waals surface area contributed by atoms with Crippen molar-refractivity contribution in [2.24, 2.45) is 0 Å². The summed E-state index contributed by atoms with van der Waals surface area (Å²) in [5.74, 6) is -0.870. The molecule has 2 aliphatic rings. The molecule has 3 amide bonds. The summed E-state index contributed by atoms with van der Waals surface area (Å²) in [6, 6.07) is 10.6. The van der Waals surface area contributed by atoms with Gasteiger partial charge in [0.25, 0.3) is 0 Å². The van der Waals surface area contributed by atoms with Crippen LogP contribution in [-0.4, -0.2) is 49.6 Å². The average molecular weight is 485 g/mol. The van der Waals surface area contributed by atoms with Crippen molar-refractivity contribution >= 4 is 44.8 Å². The molecular weight excluding hydrogens is 456 g/mol. The summed E-state index contributed by atoms with van der Waals surface area (Å²) in [4.78, 5) is 38.3. The van der Waals surface area contributed by atoms with Crippen LogP contribution in [0, 0.1) is 0 Å². The van der Waals surface area contributed by atoms with E-state index in [9.17, 15) is 22.8 Å². The number of anilines is 3. The van der Waals surface area contributed by atoms with Crippen molar-refractivity contribution in [3.8, 4) is 0 Å². The Balaban J connectivity index is 1.54. The molecule has 1 saturated heterocycles. The minimum atomic E-state index is -3.62. The van der Waals surface area contributed by atoms with Gasteiger partial charge in [-0.2, -0.15) is 4.31 Å². The lowest BCUT2D eigenvalue weighted by Gasteiger charge is -2.26. The Kier molecular flexibility index (Phi) is 6.72. The van der Waals surface area contributed by atoms with Crippen molar-refractivity contribution in [3.63, 3.8) is 0 Å². The normalized spacial score (nSPS) is 18.3. The fourth-order valence-electron chi connectivity index (χ4n) is 4.51. The van der Waals surface area contributed by atoms with Crippen LogP contribution < -0.4 is 15.5 Å². The van der Waals surface area contributed by atoms with Crippen molar-refractivity contribution in [2.75, 3.05) is 28.6 Å². The molecule has 180 valence electrons. The number of rotatable bonds is 5. The maximum absolute atomic E-state index is 13.1. The van der Waals surface area contributed by atoms with Crippen LogP contribution in [0.5, 0.6) is 0 Å². The van der Waals surface area contributed by atoms with Gasteiger partial charge < -0.3 is 10.6 Å². The standard InChI is InChI=1S/C24H28N4O5S/c1-16(29)25-19-6-8-20(9-7-19)26-24(31)23-15-18-14-21(10-11-22(18)28(23)17(2)30)34(32,33)27-12-4-3-5-13-27/h6-11,14,23H,3-5,12-13,15H2,1-2H3,(H,25,29)(H,26,31)/t23-/m0/s1. The summed E-state index contributed by atoms with van der Waals surface area (Å²) >= 11 is 0. The Labute approximate surface area is 199 Å². The summed E-state index contributed by atoms with van der Waals surface area (Å²) in [6.07, 6.45) is 2.93. The van der Waals surface area contributed by atoms with Gasteiger partial charge in [-0.15, -0.1) is 0 Å². The number of amides is 3. The molecule has 2 aromatic carbocycles. The smallest absolute Gasteiger partial charge is 0.247 e. The Bertz CT molecular complexity index is 1220. The second kappa shape index (κ2) is 9.55. The van der Waals surface area contributed by atoms with E-state index in [0.29, 0.717) is 35.7 Å². The van der Waals surface area contributed by atoms with Crippen LogP contribution in [0.4, 0.5) is 17.1 Å². The van der Waals surface area contributed by atoms with Crippen molar-refractivity contribution < 1.29 is 22.8 Å². The zero-order valence-corrected chi connectivity index (χ0v) is 20.0. The third-order valence-electron chi connectivity index (χ3n) is 6.10. The largest absolute Gasteiger partial charge is 0.326 e. The van der Waals surface area contributed by atoms with Gasteiger partial charge in [0, 0.05) is 50.4 Å². The van der Waals surface area contributed by atoms with Crippen LogP contribution in [0.15, 0.2) is 47.4 Å². The number of carbonyl (C=O) groups excluding carboxylic acids is 3. The topological polar surface area (TPSA) is 116 Å². The molecule has 2 N–H and O–H groups in total. The quantitative estimate of drug-likeness (QED) is 0.677. The monoisotopic (exact) mass is 484 g/mol. The molecule has 2 heterocycles. The molecule has 0 aromatic heterocycles. The van der Waals surface area contributed by atoms with Gasteiger partial charge >= 0.3 is 0 Å². The van der Waals surface area contributed by atoms with E-state index in [1.54, 1.807) is 36.4 Å². The number of carbonyl (C=O) groups is 3. The Morgan fingerprint density at radius 2 is 1.50 bits per heavy atom. The first-order chi connectivity index (χ1) is 16.2. The zero-order chi connectivity index (χ0) is 24.5. The van der Waals surface area contributed by atoms with Gasteiger partial charge in [0.1, 0.15) is 6.04 Å². The van der Waals surface area contributed by atoms with E-state index >= 15 is 0 Å². The molecular formula is C24H28N4O5S. The summed E-state index contributed by atoms with van der Waals surface area (Å²) in [5, 5.41) is 5.47. The fourth-order valence-corrected chi connectivity index (χ4v) is 6.08. The number of nitrogens with zero attached hydrogens (tertiary/aromatic N) is 2. The van der Waals surface area contributed by atoms with E-state index in [0.717, 1.165) is 19.3 Å². The highest BCUT2D eigenvalue weighted by atomic mass is 32.2. The van der Waals surface area contributed by atoms with Crippen molar-refractivity contribution in [1.29, 1.82) is 0 Å². The highest BCUT2D eigenvalue weighted by Crippen LogP contribution is 2.35. The van der Waals surface area contributed by atoms with E-state index in [2.05, 4.69) is 10.6 Å². The number of hydrogen-bond acceptors (Lipinski definition) is 5. The van der Waals surface area contributed by atoms with Crippen LogP contribution >= 0.6 is 0 Å². The first kappa shape index (κ1) is 23.9. The number of benzene rings is 2. The number of sulfonamides is 1. The van der Waals surface area contributed by atoms with Gasteiger partial charge in [0.2, 0.25) is 27.7 Å². The van der Waals surface area contributed by atoms with Gasteiger partial charge in [-0.3, -0.25) is 19.3 Å². The molecule has 4 rings (SSSR count). The van der Waals surface area contributed by atoms with Crippen molar-refractivity contribution in [2.45, 2.75) is 50.5 Å². The Morgan fingerprint density at radius 1 is 0.882 bits per heavy atom. The SMILES string of the molecule is CC(=O)Nc1ccc(NC(=O)[C@@H]2Cc3cc(S(=O)(=O)N4CCCCC4)ccc3N2C(C)=O)cc1. The molecule has 0 radical (unpaired) electrons. The van der Waals surface area contributed by atoms with Crippen LogP contribution in [0.3, 0.4) is 0 Å². The molecule has 10 heteroatoms. The summed E-state index contributed by atoms with van der Waals surface area (Å²) < 4.78 is 27.7. The molecule has 0 unspecified atom stereocenters. The van der Waals surface area contributed by atoms with E-state index in [1.165, 1.54) is 29.1 Å². The van der Waals surface area contributed by atoms with Gasteiger partial charge in [0.15, 0.2) is 0 Å². The summed E-state index contributed by atoms with van der Waals surface area (Å²) in [5.41, 5.74) is 2.32. The summed E-state index contributed by atoms with van der Waals surface area (Å²) in [7, 11) is -3.62. The first-order valence-electron chi connectivity index (χ1n) is 11.3. The van der Waals surface area contributed by atoms with E-state index in [1.807, 2.05) is 0 Å². The minimum Gasteiger partial charge on any atom is -0.326 e. The van der Waals surface area contributed by atoms with E-state index in [-0.39, 0.29) is 29.0 Å². The molecule has 0 aliphatic carbocycles. The lowest BCUT2D eigenvalue weighted by atomic mass is 10.1. The zero-order valence-electron chi connectivity index (χ0n) is 19.2. The van der Waals surface area contributed by atoms with Crippen molar-refractivity contribution in [3.05, 3.63) is 48.0 Å². The lowest BCUT2D eigenvalue weighted by Crippen LogP contribution is -2.44. The van der Waals surface area contributed by atoms with Gasteiger partial charge in [-0.05, 0) is 60.9 Å². The third-order valence-corrected chi connectivity index (χ3v) is 8.00. The lowest BCUT2D eigenvalue weighted by molar-refractivity contribution is -0.122. The van der Waals surface area contributed by atoms with Crippen LogP contribution in [0.25, 0.3) is 0 Å². The number of piperidine rings is 1.